The maximum absolute atomic E-state index is 12.9. The summed E-state index contributed by atoms with van der Waals surface area (Å²) in [6.45, 7) is 1.78. The second-order valence-electron chi connectivity index (χ2n) is 6.63. The molecule has 1 atom stereocenters. The van der Waals surface area contributed by atoms with Gasteiger partial charge in [-0.15, -0.1) is 11.3 Å². The fourth-order valence-corrected chi connectivity index (χ4v) is 7.25. The first-order valence-corrected chi connectivity index (χ1v) is 12.1. The van der Waals surface area contributed by atoms with E-state index in [4.69, 9.17) is 34.8 Å². The fraction of sp³-hybridized carbons (Fsp3) is 0.294. The highest BCUT2D eigenvalue weighted by Gasteiger charge is 2.31. The zero-order chi connectivity index (χ0) is 20.2. The summed E-state index contributed by atoms with van der Waals surface area (Å²) in [6, 6.07) is 4.67. The average Bonchev–Trinajstić information content (AvgIpc) is 3.22. The normalized spacial score (nSPS) is 18.6. The summed E-state index contributed by atoms with van der Waals surface area (Å²) in [5.74, 6) is 0.141. The van der Waals surface area contributed by atoms with Gasteiger partial charge in [0, 0.05) is 21.2 Å². The minimum absolute atomic E-state index is 0.00867. The predicted octanol–water partition coefficient (Wildman–Crippen LogP) is 4.98. The molecule has 28 heavy (non-hydrogen) atoms. The van der Waals surface area contributed by atoms with Crippen molar-refractivity contribution in [1.82, 2.24) is 9.78 Å². The molecule has 1 aliphatic rings. The Hall–Kier alpha value is -1.32. The molecule has 1 N–H and O–H groups in total. The first-order valence-electron chi connectivity index (χ1n) is 8.29. The summed E-state index contributed by atoms with van der Waals surface area (Å²) in [5.41, 5.74) is 0.678. The Morgan fingerprint density at radius 3 is 2.71 bits per heavy atom. The number of carbonyl (C=O) groups is 1. The fourth-order valence-electron chi connectivity index (χ4n) is 3.29. The van der Waals surface area contributed by atoms with Crippen molar-refractivity contribution in [3.8, 4) is 0 Å². The number of sulfone groups is 1. The Kier molecular flexibility index (Phi) is 5.12. The van der Waals surface area contributed by atoms with Gasteiger partial charge in [0.15, 0.2) is 9.84 Å². The highest BCUT2D eigenvalue weighted by molar-refractivity contribution is 7.91. The van der Waals surface area contributed by atoms with E-state index in [0.717, 1.165) is 0 Å². The van der Waals surface area contributed by atoms with Gasteiger partial charge in [0.25, 0.3) is 5.91 Å². The number of aryl methyl sites for hydroxylation is 1. The molecule has 3 aromatic rings. The number of nitrogens with zero attached hydrogens (tertiary/aromatic N) is 2. The Labute approximate surface area is 180 Å². The zero-order valence-electron chi connectivity index (χ0n) is 14.5. The van der Waals surface area contributed by atoms with Crippen LogP contribution in [0.4, 0.5) is 5.82 Å². The van der Waals surface area contributed by atoms with Gasteiger partial charge in [0.05, 0.1) is 33.3 Å². The van der Waals surface area contributed by atoms with E-state index in [2.05, 4.69) is 10.4 Å². The first-order chi connectivity index (χ1) is 13.1. The van der Waals surface area contributed by atoms with Crippen LogP contribution in [0.3, 0.4) is 0 Å². The van der Waals surface area contributed by atoms with E-state index in [9.17, 15) is 13.2 Å². The number of rotatable bonds is 3. The number of thiophene rings is 1. The largest absolute Gasteiger partial charge is 0.306 e. The summed E-state index contributed by atoms with van der Waals surface area (Å²) in [5, 5.41) is 8.83. The van der Waals surface area contributed by atoms with Gasteiger partial charge in [-0.05, 0) is 25.5 Å². The highest BCUT2D eigenvalue weighted by atomic mass is 35.5. The number of hydrogen-bond acceptors (Lipinski definition) is 5. The van der Waals surface area contributed by atoms with Crippen LogP contribution in [-0.2, 0) is 9.84 Å². The molecule has 1 aliphatic heterocycles. The van der Waals surface area contributed by atoms with Gasteiger partial charge >= 0.3 is 0 Å². The van der Waals surface area contributed by atoms with Crippen LogP contribution in [0.1, 0.15) is 27.8 Å². The quantitative estimate of drug-likeness (QED) is 0.576. The van der Waals surface area contributed by atoms with Crippen molar-refractivity contribution >= 4 is 77.8 Å². The highest BCUT2D eigenvalue weighted by Crippen LogP contribution is 2.41. The topological polar surface area (TPSA) is 81.1 Å². The number of amides is 1. The monoisotopic (exact) mass is 477 g/mol. The number of aromatic nitrogens is 2. The van der Waals surface area contributed by atoms with E-state index in [-0.39, 0.29) is 22.6 Å². The van der Waals surface area contributed by atoms with Gasteiger partial charge in [0.2, 0.25) is 0 Å². The van der Waals surface area contributed by atoms with Crippen molar-refractivity contribution in [3.05, 3.63) is 43.8 Å². The molecular formula is C17H14Cl3N3O3S2. The Morgan fingerprint density at radius 1 is 1.29 bits per heavy atom. The molecule has 2 aromatic heterocycles. The molecule has 1 saturated heterocycles. The molecule has 4 rings (SSSR count). The number of halogens is 3. The Morgan fingerprint density at radius 2 is 2.04 bits per heavy atom. The lowest BCUT2D eigenvalue weighted by Crippen LogP contribution is -2.19. The molecular weight excluding hydrogens is 465 g/mol. The van der Waals surface area contributed by atoms with Gasteiger partial charge in [-0.2, -0.15) is 5.10 Å². The van der Waals surface area contributed by atoms with E-state index >= 15 is 0 Å². The molecule has 6 nitrogen and oxygen atoms in total. The van der Waals surface area contributed by atoms with E-state index in [1.165, 1.54) is 11.3 Å². The van der Waals surface area contributed by atoms with Crippen LogP contribution < -0.4 is 5.32 Å². The van der Waals surface area contributed by atoms with Crippen LogP contribution in [-0.4, -0.2) is 35.6 Å². The van der Waals surface area contributed by atoms with Crippen LogP contribution in [0.2, 0.25) is 15.1 Å². The van der Waals surface area contributed by atoms with Crippen molar-refractivity contribution in [2.75, 3.05) is 16.8 Å². The minimum Gasteiger partial charge on any atom is -0.306 e. The van der Waals surface area contributed by atoms with Crippen molar-refractivity contribution in [3.63, 3.8) is 0 Å². The average molecular weight is 479 g/mol. The molecule has 0 spiro atoms. The maximum atomic E-state index is 12.9. The second kappa shape index (κ2) is 7.18. The van der Waals surface area contributed by atoms with Crippen molar-refractivity contribution in [1.29, 1.82) is 0 Å². The molecule has 0 bridgehead atoms. The minimum atomic E-state index is -3.08. The van der Waals surface area contributed by atoms with Gasteiger partial charge in [0.1, 0.15) is 10.7 Å². The molecule has 1 aromatic carbocycles. The molecule has 0 radical (unpaired) electrons. The van der Waals surface area contributed by atoms with E-state index in [1.54, 1.807) is 29.8 Å². The first kappa shape index (κ1) is 20.0. The van der Waals surface area contributed by atoms with Crippen molar-refractivity contribution < 1.29 is 13.2 Å². The Balaban J connectivity index is 1.68. The van der Waals surface area contributed by atoms with Crippen molar-refractivity contribution in [2.24, 2.45) is 0 Å². The lowest BCUT2D eigenvalue weighted by atomic mass is 10.2. The van der Waals surface area contributed by atoms with Gasteiger partial charge in [-0.3, -0.25) is 4.79 Å². The van der Waals surface area contributed by atoms with E-state index in [0.29, 0.717) is 42.9 Å². The summed E-state index contributed by atoms with van der Waals surface area (Å²) < 4.78 is 25.9. The molecule has 0 saturated carbocycles. The van der Waals surface area contributed by atoms with Crippen LogP contribution in [0.15, 0.2) is 18.2 Å². The van der Waals surface area contributed by atoms with Gasteiger partial charge < -0.3 is 5.32 Å². The lowest BCUT2D eigenvalue weighted by molar-refractivity contribution is 0.102. The third-order valence-electron chi connectivity index (χ3n) is 4.51. The Bertz CT molecular complexity index is 1220. The molecule has 1 fully saturated rings. The van der Waals surface area contributed by atoms with Crippen LogP contribution in [0.5, 0.6) is 0 Å². The molecule has 3 heterocycles. The van der Waals surface area contributed by atoms with E-state index < -0.39 is 15.7 Å². The number of fused-ring (bicyclic) bond motifs is 1. The number of benzene rings is 1. The van der Waals surface area contributed by atoms with Crippen LogP contribution in [0, 0.1) is 6.92 Å². The smallest absolute Gasteiger partial charge is 0.268 e. The maximum Gasteiger partial charge on any atom is 0.268 e. The molecule has 1 amide bonds. The van der Waals surface area contributed by atoms with Gasteiger partial charge in [-0.1, -0.05) is 34.8 Å². The number of anilines is 1. The summed E-state index contributed by atoms with van der Waals surface area (Å²) in [7, 11) is -3.08. The number of hydrogen-bond donors (Lipinski definition) is 1. The number of nitrogens with one attached hydrogen (secondary N) is 1. The van der Waals surface area contributed by atoms with E-state index in [1.807, 2.05) is 0 Å². The summed E-state index contributed by atoms with van der Waals surface area (Å²) in [6.07, 6.45) is 0.462. The lowest BCUT2D eigenvalue weighted by Gasteiger charge is -2.13. The number of carbonyl (C=O) groups excluding carboxylic acids is 1. The molecule has 11 heteroatoms. The molecule has 0 aliphatic carbocycles. The third-order valence-corrected chi connectivity index (χ3v) is 8.40. The zero-order valence-corrected chi connectivity index (χ0v) is 18.4. The third kappa shape index (κ3) is 3.64. The van der Waals surface area contributed by atoms with Crippen LogP contribution >= 0.6 is 46.1 Å². The molecule has 1 unspecified atom stereocenters. The van der Waals surface area contributed by atoms with Crippen LogP contribution in [0.25, 0.3) is 10.1 Å². The van der Waals surface area contributed by atoms with Crippen molar-refractivity contribution in [2.45, 2.75) is 19.4 Å². The summed E-state index contributed by atoms with van der Waals surface area (Å²) >= 11 is 19.8. The standard InChI is InChI=1S/C17H14Cl3N3O3S2/c1-8-4-13(23(22-8)10-2-3-28(25,26)7-10)21-17(24)16-15(20)14-11(19)5-9(18)6-12(14)27-16/h4-6,10H,2-3,7H2,1H3,(H,21,24). The predicted molar refractivity (Wildman–Crippen MR) is 114 cm³/mol. The SMILES string of the molecule is Cc1cc(NC(=O)c2sc3cc(Cl)cc(Cl)c3c2Cl)n(C2CCS(=O)(=O)C2)n1. The molecule has 148 valence electrons. The second-order valence-corrected chi connectivity index (χ2v) is 11.1. The summed E-state index contributed by atoms with van der Waals surface area (Å²) in [4.78, 5) is 13.2. The van der Waals surface area contributed by atoms with Gasteiger partial charge in [-0.25, -0.2) is 13.1 Å².